The second-order valence-electron chi connectivity index (χ2n) is 7.49. The van der Waals surface area contributed by atoms with Crippen LogP contribution in [0.3, 0.4) is 0 Å². The lowest BCUT2D eigenvalue weighted by Crippen LogP contribution is -2.19. The number of hydrogen-bond donors (Lipinski definition) is 2. The summed E-state index contributed by atoms with van der Waals surface area (Å²) in [5.74, 6) is -2.09. The van der Waals surface area contributed by atoms with Gasteiger partial charge in [0.1, 0.15) is 16.9 Å². The Bertz CT molecular complexity index is 1370. The summed E-state index contributed by atoms with van der Waals surface area (Å²) >= 11 is 7.12. The number of rotatable bonds is 7. The van der Waals surface area contributed by atoms with E-state index in [1.807, 2.05) is 30.3 Å². The van der Waals surface area contributed by atoms with E-state index in [4.69, 9.17) is 11.6 Å². The van der Waals surface area contributed by atoms with Crippen molar-refractivity contribution in [3.8, 4) is 0 Å². The first-order chi connectivity index (χ1) is 16.9. The molecule has 0 radical (unpaired) electrons. The first-order valence-corrected chi connectivity index (χ1v) is 11.8. The van der Waals surface area contributed by atoms with Crippen molar-refractivity contribution in [2.75, 3.05) is 10.6 Å². The van der Waals surface area contributed by atoms with E-state index in [-0.39, 0.29) is 16.5 Å². The maximum absolute atomic E-state index is 14.0. The molecule has 2 N–H and O–H groups in total. The van der Waals surface area contributed by atoms with E-state index in [9.17, 15) is 18.4 Å². The summed E-state index contributed by atoms with van der Waals surface area (Å²) in [6, 6.07) is 25.8. The molecule has 2 amide bonds. The van der Waals surface area contributed by atoms with Crippen molar-refractivity contribution in [3.63, 3.8) is 0 Å². The Morgan fingerprint density at radius 3 is 2.20 bits per heavy atom. The van der Waals surface area contributed by atoms with Crippen LogP contribution in [-0.2, 0) is 4.79 Å². The number of amides is 2. The minimum absolute atomic E-state index is 0.0648. The van der Waals surface area contributed by atoms with Crippen LogP contribution in [0.5, 0.6) is 0 Å². The van der Waals surface area contributed by atoms with E-state index in [0.717, 1.165) is 5.56 Å². The van der Waals surface area contributed by atoms with Crippen molar-refractivity contribution >= 4 is 46.6 Å². The Balaban J connectivity index is 1.55. The standard InChI is InChI=1S/C27H19ClF2N2O2S/c28-22-16-19(13-14-24(22)30)32-27(34)25(17-7-2-1-3-8-17)35-20-10-6-9-18(15-20)31-26(33)21-11-4-5-12-23(21)29/h1-16,25H,(H,31,33)(H,32,34). The highest BCUT2D eigenvalue weighted by Crippen LogP contribution is 2.37. The Morgan fingerprint density at radius 1 is 0.743 bits per heavy atom. The molecule has 4 aromatic rings. The molecule has 0 saturated carbocycles. The lowest BCUT2D eigenvalue weighted by atomic mass is 10.1. The van der Waals surface area contributed by atoms with E-state index in [2.05, 4.69) is 10.6 Å². The average molecular weight is 509 g/mol. The predicted molar refractivity (Wildman–Crippen MR) is 136 cm³/mol. The zero-order valence-corrected chi connectivity index (χ0v) is 19.7. The zero-order chi connectivity index (χ0) is 24.8. The molecule has 176 valence electrons. The smallest absolute Gasteiger partial charge is 0.258 e. The average Bonchev–Trinajstić information content (AvgIpc) is 2.86. The molecule has 4 aromatic carbocycles. The molecule has 4 nitrogen and oxygen atoms in total. The molecule has 0 bridgehead atoms. The topological polar surface area (TPSA) is 58.2 Å². The van der Waals surface area contributed by atoms with Gasteiger partial charge in [-0.3, -0.25) is 9.59 Å². The van der Waals surface area contributed by atoms with Crippen LogP contribution in [0.1, 0.15) is 21.2 Å². The van der Waals surface area contributed by atoms with Gasteiger partial charge in [0.25, 0.3) is 5.91 Å². The lowest BCUT2D eigenvalue weighted by Gasteiger charge is -2.18. The summed E-state index contributed by atoms with van der Waals surface area (Å²) in [6.07, 6.45) is 0. The third-order valence-electron chi connectivity index (χ3n) is 4.99. The molecule has 0 spiro atoms. The minimum atomic E-state index is -0.655. The van der Waals surface area contributed by atoms with Crippen LogP contribution in [0.2, 0.25) is 5.02 Å². The van der Waals surface area contributed by atoms with Gasteiger partial charge in [0.15, 0.2) is 0 Å². The number of thioether (sulfide) groups is 1. The second-order valence-corrected chi connectivity index (χ2v) is 9.07. The van der Waals surface area contributed by atoms with Crippen molar-refractivity contribution in [3.05, 3.63) is 125 Å². The Kier molecular flexibility index (Phi) is 7.80. The fourth-order valence-electron chi connectivity index (χ4n) is 3.31. The molecule has 0 heterocycles. The molecule has 0 aliphatic heterocycles. The molecule has 8 heteroatoms. The van der Waals surface area contributed by atoms with Crippen LogP contribution in [0.25, 0.3) is 0 Å². The van der Waals surface area contributed by atoms with E-state index in [1.165, 1.54) is 48.2 Å². The van der Waals surface area contributed by atoms with Crippen molar-refractivity contribution in [1.29, 1.82) is 0 Å². The van der Waals surface area contributed by atoms with Gasteiger partial charge in [-0.15, -0.1) is 11.8 Å². The maximum Gasteiger partial charge on any atom is 0.258 e. The first kappa shape index (κ1) is 24.4. The van der Waals surface area contributed by atoms with E-state index >= 15 is 0 Å². The van der Waals surface area contributed by atoms with Crippen molar-refractivity contribution in [2.24, 2.45) is 0 Å². The molecule has 0 aliphatic carbocycles. The molecule has 1 unspecified atom stereocenters. The quantitative estimate of drug-likeness (QED) is 0.257. The summed E-state index contributed by atoms with van der Waals surface area (Å²) in [7, 11) is 0. The van der Waals surface area contributed by atoms with Crippen LogP contribution in [0, 0.1) is 11.6 Å². The Hall–Kier alpha value is -3.68. The van der Waals surface area contributed by atoms with E-state index in [1.54, 1.807) is 30.3 Å². The summed E-state index contributed by atoms with van der Waals surface area (Å²) in [5, 5.41) is 4.72. The van der Waals surface area contributed by atoms with Gasteiger partial charge in [0.05, 0.1) is 10.6 Å². The number of carbonyl (C=O) groups excluding carboxylic acids is 2. The highest BCUT2D eigenvalue weighted by atomic mass is 35.5. The van der Waals surface area contributed by atoms with E-state index < -0.39 is 22.8 Å². The van der Waals surface area contributed by atoms with Crippen LogP contribution < -0.4 is 10.6 Å². The van der Waals surface area contributed by atoms with E-state index in [0.29, 0.717) is 16.3 Å². The molecule has 0 saturated heterocycles. The molecular weight excluding hydrogens is 490 g/mol. The highest BCUT2D eigenvalue weighted by Gasteiger charge is 2.23. The zero-order valence-electron chi connectivity index (χ0n) is 18.2. The monoisotopic (exact) mass is 508 g/mol. The predicted octanol–water partition coefficient (Wildman–Crippen LogP) is 7.34. The molecule has 4 rings (SSSR count). The van der Waals surface area contributed by atoms with Gasteiger partial charge in [-0.1, -0.05) is 60.1 Å². The van der Waals surface area contributed by atoms with Gasteiger partial charge in [0.2, 0.25) is 5.91 Å². The van der Waals surface area contributed by atoms with Crippen LogP contribution >= 0.6 is 23.4 Å². The molecular formula is C27H19ClF2N2O2S. The van der Waals surface area contributed by atoms with Crippen LogP contribution in [0.4, 0.5) is 20.2 Å². The minimum Gasteiger partial charge on any atom is -0.325 e. The van der Waals surface area contributed by atoms with Gasteiger partial charge in [-0.2, -0.15) is 0 Å². The molecule has 0 fully saturated rings. The van der Waals surface area contributed by atoms with Crippen LogP contribution in [0.15, 0.2) is 102 Å². The maximum atomic E-state index is 14.0. The summed E-state index contributed by atoms with van der Waals surface area (Å²) in [4.78, 5) is 26.4. The first-order valence-electron chi connectivity index (χ1n) is 10.5. The number of nitrogens with one attached hydrogen (secondary N) is 2. The number of halogens is 3. The number of anilines is 2. The van der Waals surface area contributed by atoms with Gasteiger partial charge >= 0.3 is 0 Å². The Labute approximate surface area is 210 Å². The van der Waals surface area contributed by atoms with Crippen molar-refractivity contribution in [1.82, 2.24) is 0 Å². The van der Waals surface area contributed by atoms with Crippen molar-refractivity contribution in [2.45, 2.75) is 10.1 Å². The number of benzene rings is 4. The summed E-state index contributed by atoms with van der Waals surface area (Å²) in [5.41, 5.74) is 1.52. The Morgan fingerprint density at radius 2 is 1.46 bits per heavy atom. The van der Waals surface area contributed by atoms with Gasteiger partial charge < -0.3 is 10.6 Å². The van der Waals surface area contributed by atoms with Crippen LogP contribution in [-0.4, -0.2) is 11.8 Å². The normalized spacial score (nSPS) is 11.5. The lowest BCUT2D eigenvalue weighted by molar-refractivity contribution is -0.115. The SMILES string of the molecule is O=C(Nc1cccc(SC(C(=O)Nc2ccc(F)c(Cl)c2)c2ccccc2)c1)c1ccccc1F. The molecule has 0 aliphatic rings. The third kappa shape index (κ3) is 6.26. The summed E-state index contributed by atoms with van der Waals surface area (Å²) in [6.45, 7) is 0. The van der Waals surface area contributed by atoms with Gasteiger partial charge in [0, 0.05) is 16.3 Å². The van der Waals surface area contributed by atoms with Crippen molar-refractivity contribution < 1.29 is 18.4 Å². The molecule has 35 heavy (non-hydrogen) atoms. The number of carbonyl (C=O) groups is 2. The largest absolute Gasteiger partial charge is 0.325 e. The van der Waals surface area contributed by atoms with Gasteiger partial charge in [-0.05, 0) is 54.1 Å². The summed E-state index contributed by atoms with van der Waals surface area (Å²) < 4.78 is 27.5. The molecule has 1 atom stereocenters. The fourth-order valence-corrected chi connectivity index (χ4v) is 4.57. The highest BCUT2D eigenvalue weighted by molar-refractivity contribution is 8.00. The van der Waals surface area contributed by atoms with Gasteiger partial charge in [-0.25, -0.2) is 8.78 Å². The second kappa shape index (κ2) is 11.2. The molecule has 0 aromatic heterocycles. The third-order valence-corrected chi connectivity index (χ3v) is 6.53. The number of hydrogen-bond acceptors (Lipinski definition) is 3. The fraction of sp³-hybridized carbons (Fsp3) is 0.0370.